The number of rotatable bonds is 16. The topological polar surface area (TPSA) is 78.9 Å². The summed E-state index contributed by atoms with van der Waals surface area (Å²) in [6.07, 6.45) is 8.97. The Labute approximate surface area is 255 Å². The fourth-order valence-corrected chi connectivity index (χ4v) is 4.24. The first kappa shape index (κ1) is 33.1. The van der Waals surface area contributed by atoms with Gasteiger partial charge in [0.1, 0.15) is 11.5 Å². The van der Waals surface area contributed by atoms with Crippen LogP contribution in [0, 0.1) is 11.8 Å². The van der Waals surface area contributed by atoms with Crippen molar-refractivity contribution in [3.05, 3.63) is 83.9 Å². The van der Waals surface area contributed by atoms with Gasteiger partial charge in [-0.25, -0.2) is 9.59 Å². The number of carbonyl (C=O) groups excluding carboxylic acids is 3. The average molecular weight is 583 g/mol. The molecular formula is C37H42O6. The van der Waals surface area contributed by atoms with Crippen LogP contribution in [0.3, 0.4) is 0 Å². The Hall–Kier alpha value is -4.37. The van der Waals surface area contributed by atoms with E-state index in [9.17, 15) is 14.4 Å². The van der Waals surface area contributed by atoms with Gasteiger partial charge in [0.2, 0.25) is 5.78 Å². The SMILES string of the molecule is CCCCC#CC(=O)C(C)OC(=O)c1ccc(OC(=O)c2ccc(-c3ccc(OCCCCCCCC)cc3)cc2)cc1. The van der Waals surface area contributed by atoms with Crippen LogP contribution in [0.15, 0.2) is 72.8 Å². The Morgan fingerprint density at radius 1 is 0.651 bits per heavy atom. The minimum absolute atomic E-state index is 0.238. The zero-order valence-electron chi connectivity index (χ0n) is 25.5. The van der Waals surface area contributed by atoms with E-state index in [1.165, 1.54) is 63.3 Å². The van der Waals surface area contributed by atoms with E-state index in [2.05, 4.69) is 18.8 Å². The summed E-state index contributed by atoms with van der Waals surface area (Å²) in [6, 6.07) is 21.1. The number of carbonyl (C=O) groups is 3. The Morgan fingerprint density at radius 3 is 1.84 bits per heavy atom. The molecule has 6 nitrogen and oxygen atoms in total. The molecule has 0 aromatic heterocycles. The maximum absolute atomic E-state index is 12.7. The Balaban J connectivity index is 1.47. The molecule has 6 heteroatoms. The molecule has 0 N–H and O–H groups in total. The van der Waals surface area contributed by atoms with Gasteiger partial charge in [-0.05, 0) is 85.3 Å². The van der Waals surface area contributed by atoms with E-state index in [4.69, 9.17) is 14.2 Å². The fourth-order valence-electron chi connectivity index (χ4n) is 4.24. The molecule has 0 aliphatic heterocycles. The third kappa shape index (κ3) is 11.4. The molecule has 0 fully saturated rings. The van der Waals surface area contributed by atoms with Crippen LogP contribution in [-0.2, 0) is 9.53 Å². The van der Waals surface area contributed by atoms with Crippen molar-refractivity contribution in [1.29, 1.82) is 0 Å². The lowest BCUT2D eigenvalue weighted by atomic mass is 10.0. The summed E-state index contributed by atoms with van der Waals surface area (Å²) in [5.74, 6) is 4.86. The standard InChI is InChI=1S/C37H42O6/c1-4-6-8-10-11-13-27-41-33-23-19-30(20-24-33)29-15-17-31(18-16-29)37(40)43-34-25-21-32(22-26-34)36(39)42-28(3)35(38)14-12-9-7-5-2/h15-26,28H,4-11,13,27H2,1-3H3. The van der Waals surface area contributed by atoms with Gasteiger partial charge in [0, 0.05) is 6.42 Å². The first-order valence-electron chi connectivity index (χ1n) is 15.3. The normalized spacial score (nSPS) is 11.1. The minimum atomic E-state index is -0.969. The Morgan fingerprint density at radius 2 is 1.19 bits per heavy atom. The molecule has 0 amide bonds. The van der Waals surface area contributed by atoms with Crippen LogP contribution in [-0.4, -0.2) is 30.4 Å². The third-order valence-corrected chi connectivity index (χ3v) is 6.90. The van der Waals surface area contributed by atoms with Crippen LogP contribution in [0.5, 0.6) is 11.5 Å². The number of ether oxygens (including phenoxy) is 3. The number of unbranched alkanes of at least 4 members (excludes halogenated alkanes) is 7. The number of Topliss-reactive ketones (excluding diaryl/α,β-unsaturated/α-hetero) is 1. The smallest absolute Gasteiger partial charge is 0.343 e. The van der Waals surface area contributed by atoms with Gasteiger partial charge in [-0.2, -0.15) is 0 Å². The quantitative estimate of drug-likeness (QED) is 0.0553. The van der Waals surface area contributed by atoms with E-state index in [1.807, 2.05) is 43.3 Å². The van der Waals surface area contributed by atoms with Crippen molar-refractivity contribution < 1.29 is 28.6 Å². The maximum atomic E-state index is 12.7. The summed E-state index contributed by atoms with van der Waals surface area (Å²) in [5, 5.41) is 0. The molecular weight excluding hydrogens is 540 g/mol. The van der Waals surface area contributed by atoms with Crippen molar-refractivity contribution in [3.8, 4) is 34.5 Å². The van der Waals surface area contributed by atoms with Crippen LogP contribution in [0.4, 0.5) is 0 Å². The number of hydrogen-bond acceptors (Lipinski definition) is 6. The lowest BCUT2D eigenvalue weighted by Gasteiger charge is -2.10. The largest absolute Gasteiger partial charge is 0.494 e. The molecule has 1 atom stereocenters. The van der Waals surface area contributed by atoms with Crippen LogP contribution < -0.4 is 9.47 Å². The highest BCUT2D eigenvalue weighted by atomic mass is 16.5. The van der Waals surface area contributed by atoms with Gasteiger partial charge in [0.15, 0.2) is 6.10 Å². The van der Waals surface area contributed by atoms with Gasteiger partial charge in [-0.3, -0.25) is 4.79 Å². The monoisotopic (exact) mass is 582 g/mol. The maximum Gasteiger partial charge on any atom is 0.343 e. The third-order valence-electron chi connectivity index (χ3n) is 6.90. The van der Waals surface area contributed by atoms with Gasteiger partial charge in [-0.1, -0.05) is 82.6 Å². The van der Waals surface area contributed by atoms with Crippen molar-refractivity contribution in [2.45, 2.75) is 84.7 Å². The summed E-state index contributed by atoms with van der Waals surface area (Å²) < 4.78 is 16.6. The van der Waals surface area contributed by atoms with Crippen molar-refractivity contribution in [1.82, 2.24) is 0 Å². The predicted octanol–water partition coefficient (Wildman–Crippen LogP) is 8.62. The second-order valence-corrected chi connectivity index (χ2v) is 10.4. The number of ketones is 1. The highest BCUT2D eigenvalue weighted by Gasteiger charge is 2.18. The van der Waals surface area contributed by atoms with Crippen LogP contribution >= 0.6 is 0 Å². The molecule has 1 unspecified atom stereocenters. The molecule has 226 valence electrons. The van der Waals surface area contributed by atoms with E-state index in [0.717, 1.165) is 42.7 Å². The van der Waals surface area contributed by atoms with Gasteiger partial charge in [-0.15, -0.1) is 0 Å². The molecule has 3 aromatic rings. The lowest BCUT2D eigenvalue weighted by Crippen LogP contribution is -2.23. The van der Waals surface area contributed by atoms with E-state index < -0.39 is 23.8 Å². The molecule has 43 heavy (non-hydrogen) atoms. The second kappa shape index (κ2) is 18.2. The number of esters is 2. The predicted molar refractivity (Wildman–Crippen MR) is 169 cm³/mol. The zero-order chi connectivity index (χ0) is 30.9. The van der Waals surface area contributed by atoms with Gasteiger partial charge in [0.25, 0.3) is 0 Å². The van der Waals surface area contributed by atoms with Crippen LogP contribution in [0.2, 0.25) is 0 Å². The minimum Gasteiger partial charge on any atom is -0.494 e. The molecule has 3 rings (SSSR count). The molecule has 0 radical (unpaired) electrons. The summed E-state index contributed by atoms with van der Waals surface area (Å²) >= 11 is 0. The summed E-state index contributed by atoms with van der Waals surface area (Å²) in [6.45, 7) is 6.49. The lowest BCUT2D eigenvalue weighted by molar-refractivity contribution is -0.121. The van der Waals surface area contributed by atoms with E-state index in [1.54, 1.807) is 12.1 Å². The van der Waals surface area contributed by atoms with Crippen molar-refractivity contribution >= 4 is 17.7 Å². The summed E-state index contributed by atoms with van der Waals surface area (Å²) in [7, 11) is 0. The highest BCUT2D eigenvalue weighted by molar-refractivity contribution is 6.01. The first-order chi connectivity index (χ1) is 20.9. The van der Waals surface area contributed by atoms with Crippen molar-refractivity contribution in [3.63, 3.8) is 0 Å². The molecule has 0 spiro atoms. The van der Waals surface area contributed by atoms with Gasteiger partial charge < -0.3 is 14.2 Å². The highest BCUT2D eigenvalue weighted by Crippen LogP contribution is 2.24. The van der Waals surface area contributed by atoms with Gasteiger partial charge in [0.05, 0.1) is 17.7 Å². The molecule has 0 heterocycles. The first-order valence-corrected chi connectivity index (χ1v) is 15.3. The Bertz CT molecular complexity index is 1360. The summed E-state index contributed by atoms with van der Waals surface area (Å²) in [5.41, 5.74) is 2.63. The van der Waals surface area contributed by atoms with Crippen LogP contribution in [0.1, 0.15) is 99.3 Å². The average Bonchev–Trinajstić information content (AvgIpc) is 3.03. The summed E-state index contributed by atoms with van der Waals surface area (Å²) in [4.78, 5) is 37.2. The molecule has 0 saturated heterocycles. The molecule has 0 saturated carbocycles. The van der Waals surface area contributed by atoms with E-state index in [0.29, 0.717) is 12.0 Å². The van der Waals surface area contributed by atoms with E-state index in [-0.39, 0.29) is 11.3 Å². The van der Waals surface area contributed by atoms with Gasteiger partial charge >= 0.3 is 11.9 Å². The second-order valence-electron chi connectivity index (χ2n) is 10.4. The fraction of sp³-hybridized carbons (Fsp3) is 0.378. The van der Waals surface area contributed by atoms with E-state index >= 15 is 0 Å². The molecule has 0 bridgehead atoms. The zero-order valence-corrected chi connectivity index (χ0v) is 25.5. The van der Waals surface area contributed by atoms with Crippen molar-refractivity contribution in [2.24, 2.45) is 0 Å². The van der Waals surface area contributed by atoms with Crippen LogP contribution in [0.25, 0.3) is 11.1 Å². The number of hydrogen-bond donors (Lipinski definition) is 0. The Kier molecular flexibility index (Phi) is 14.0. The van der Waals surface area contributed by atoms with Crippen molar-refractivity contribution in [2.75, 3.05) is 6.61 Å². The molecule has 0 aliphatic rings. The molecule has 0 aliphatic carbocycles. The number of benzene rings is 3. The molecule has 3 aromatic carbocycles.